The van der Waals surface area contributed by atoms with Gasteiger partial charge in [0, 0.05) is 10.8 Å². The molecular formula is C21H22N2O5S2. The monoisotopic (exact) mass is 446 g/mol. The van der Waals surface area contributed by atoms with Crippen molar-refractivity contribution in [3.8, 4) is 11.5 Å². The molecule has 4 rings (SSSR count). The second-order valence-electron chi connectivity index (χ2n) is 7.12. The number of amides is 1. The normalized spacial score (nSPS) is 23.4. The van der Waals surface area contributed by atoms with Crippen LogP contribution in [0.25, 0.3) is 0 Å². The Morgan fingerprint density at radius 1 is 1.07 bits per heavy atom. The fourth-order valence-electron chi connectivity index (χ4n) is 3.83. The van der Waals surface area contributed by atoms with Crippen molar-refractivity contribution < 1.29 is 22.7 Å². The summed E-state index contributed by atoms with van der Waals surface area (Å²) in [6, 6.07) is 14.4. The lowest BCUT2D eigenvalue weighted by atomic mass is 10.1. The Balaban J connectivity index is 1.68. The SMILES string of the molecule is COc1ccccc1CC(=O)N=C1S[C@@H]2CS(=O)(=O)C[C@H]2N1c1ccccc1OC. The van der Waals surface area contributed by atoms with E-state index in [-0.39, 0.29) is 35.1 Å². The topological polar surface area (TPSA) is 85.3 Å². The molecule has 2 saturated heterocycles. The first-order valence-corrected chi connectivity index (χ1v) is 12.1. The molecule has 0 unspecified atom stereocenters. The summed E-state index contributed by atoms with van der Waals surface area (Å²) < 4.78 is 35.2. The molecule has 2 atom stereocenters. The van der Waals surface area contributed by atoms with Crippen LogP contribution in [0, 0.1) is 0 Å². The van der Waals surface area contributed by atoms with Crippen molar-refractivity contribution in [1.82, 2.24) is 0 Å². The van der Waals surface area contributed by atoms with Crippen LogP contribution in [0.4, 0.5) is 5.69 Å². The van der Waals surface area contributed by atoms with E-state index in [1.807, 2.05) is 47.4 Å². The second kappa shape index (κ2) is 8.31. The summed E-state index contributed by atoms with van der Waals surface area (Å²) in [5.41, 5.74) is 1.46. The van der Waals surface area contributed by atoms with E-state index in [9.17, 15) is 13.2 Å². The molecule has 2 aromatic rings. The number of amidine groups is 1. The number of methoxy groups -OCH3 is 2. The number of benzene rings is 2. The van der Waals surface area contributed by atoms with Crippen LogP contribution < -0.4 is 14.4 Å². The van der Waals surface area contributed by atoms with Crippen molar-refractivity contribution in [2.75, 3.05) is 30.6 Å². The molecule has 7 nitrogen and oxygen atoms in total. The van der Waals surface area contributed by atoms with E-state index < -0.39 is 9.84 Å². The first-order chi connectivity index (χ1) is 14.4. The number of thioether (sulfide) groups is 1. The van der Waals surface area contributed by atoms with Crippen molar-refractivity contribution in [3.63, 3.8) is 0 Å². The first kappa shape index (κ1) is 20.7. The lowest BCUT2D eigenvalue weighted by Gasteiger charge is -2.26. The van der Waals surface area contributed by atoms with Crippen LogP contribution in [0.3, 0.4) is 0 Å². The Bertz CT molecular complexity index is 1100. The minimum absolute atomic E-state index is 0.0302. The average Bonchev–Trinajstić information content (AvgIpc) is 3.18. The molecule has 2 heterocycles. The van der Waals surface area contributed by atoms with E-state index >= 15 is 0 Å². The fourth-order valence-corrected chi connectivity index (χ4v) is 7.76. The third-order valence-corrected chi connectivity index (χ3v) is 8.38. The smallest absolute Gasteiger partial charge is 0.252 e. The second-order valence-corrected chi connectivity index (χ2v) is 10.5. The molecule has 2 aliphatic rings. The third kappa shape index (κ3) is 4.04. The molecule has 0 N–H and O–H groups in total. The van der Waals surface area contributed by atoms with Gasteiger partial charge in [-0.1, -0.05) is 42.1 Å². The van der Waals surface area contributed by atoms with Crippen molar-refractivity contribution in [2.45, 2.75) is 17.7 Å². The number of hydrogen-bond acceptors (Lipinski definition) is 6. The van der Waals surface area contributed by atoms with Gasteiger partial charge in [0.05, 0.1) is 43.9 Å². The van der Waals surface area contributed by atoms with Gasteiger partial charge < -0.3 is 14.4 Å². The molecule has 1 amide bonds. The number of fused-ring (bicyclic) bond motifs is 1. The maximum absolute atomic E-state index is 12.8. The molecule has 0 radical (unpaired) electrons. The number of nitrogens with zero attached hydrogens (tertiary/aromatic N) is 2. The highest BCUT2D eigenvalue weighted by atomic mass is 32.2. The van der Waals surface area contributed by atoms with E-state index in [0.717, 1.165) is 5.56 Å². The summed E-state index contributed by atoms with van der Waals surface area (Å²) in [7, 11) is -0.00859. The van der Waals surface area contributed by atoms with Crippen LogP contribution in [0.5, 0.6) is 11.5 Å². The van der Waals surface area contributed by atoms with Gasteiger partial charge in [-0.3, -0.25) is 4.79 Å². The maximum atomic E-state index is 12.8. The number of sulfone groups is 1. The quantitative estimate of drug-likeness (QED) is 0.698. The predicted octanol–water partition coefficient (Wildman–Crippen LogP) is 2.55. The number of anilines is 1. The molecule has 30 heavy (non-hydrogen) atoms. The number of para-hydroxylation sites is 3. The summed E-state index contributed by atoms with van der Waals surface area (Å²) in [4.78, 5) is 19.0. The summed E-state index contributed by atoms with van der Waals surface area (Å²) in [5.74, 6) is 1.03. The maximum Gasteiger partial charge on any atom is 0.252 e. The number of aliphatic imine (C=N–C) groups is 1. The number of carbonyl (C=O) groups is 1. The van der Waals surface area contributed by atoms with E-state index in [4.69, 9.17) is 9.47 Å². The van der Waals surface area contributed by atoms with Gasteiger partial charge in [0.25, 0.3) is 5.91 Å². The Labute approximate surface area is 180 Å². The molecule has 0 bridgehead atoms. The minimum atomic E-state index is -3.14. The zero-order valence-corrected chi connectivity index (χ0v) is 18.3. The molecule has 0 aliphatic carbocycles. The van der Waals surface area contributed by atoms with Crippen LogP contribution in [-0.2, 0) is 21.1 Å². The molecule has 2 fully saturated rings. The number of ether oxygens (including phenoxy) is 2. The predicted molar refractivity (Wildman–Crippen MR) is 118 cm³/mol. The fraction of sp³-hybridized carbons (Fsp3) is 0.333. The summed E-state index contributed by atoms with van der Waals surface area (Å²) in [5, 5.41) is 0.335. The average molecular weight is 447 g/mol. The highest BCUT2D eigenvalue weighted by Gasteiger charge is 2.50. The zero-order valence-electron chi connectivity index (χ0n) is 16.6. The Morgan fingerprint density at radius 2 is 1.73 bits per heavy atom. The van der Waals surface area contributed by atoms with E-state index in [1.54, 1.807) is 20.3 Å². The number of rotatable bonds is 5. The van der Waals surface area contributed by atoms with Crippen molar-refractivity contribution >= 4 is 38.4 Å². The summed E-state index contributed by atoms with van der Waals surface area (Å²) in [6.45, 7) is 0. The summed E-state index contributed by atoms with van der Waals surface area (Å²) in [6.07, 6.45) is 0.0987. The number of carbonyl (C=O) groups excluding carboxylic acids is 1. The molecule has 0 spiro atoms. The largest absolute Gasteiger partial charge is 0.496 e. The molecule has 0 aromatic heterocycles. The van der Waals surface area contributed by atoms with Gasteiger partial charge in [-0.25, -0.2) is 8.42 Å². The lowest BCUT2D eigenvalue weighted by Crippen LogP contribution is -2.38. The third-order valence-electron chi connectivity index (χ3n) is 5.17. The van der Waals surface area contributed by atoms with Crippen LogP contribution in [0.15, 0.2) is 53.5 Å². The van der Waals surface area contributed by atoms with Crippen molar-refractivity contribution in [2.24, 2.45) is 4.99 Å². The zero-order chi connectivity index (χ0) is 21.3. The van der Waals surface area contributed by atoms with Crippen LogP contribution in [0.1, 0.15) is 5.56 Å². The molecule has 2 aromatic carbocycles. The van der Waals surface area contributed by atoms with Gasteiger partial charge >= 0.3 is 0 Å². The highest BCUT2D eigenvalue weighted by molar-refractivity contribution is 8.16. The van der Waals surface area contributed by atoms with Gasteiger partial charge in [0.15, 0.2) is 15.0 Å². The van der Waals surface area contributed by atoms with Crippen molar-refractivity contribution in [1.29, 1.82) is 0 Å². The van der Waals surface area contributed by atoms with Gasteiger partial charge in [-0.05, 0) is 18.2 Å². The van der Waals surface area contributed by atoms with Gasteiger partial charge in [0.1, 0.15) is 11.5 Å². The van der Waals surface area contributed by atoms with Crippen LogP contribution >= 0.6 is 11.8 Å². The Kier molecular flexibility index (Phi) is 5.75. The number of hydrogen-bond donors (Lipinski definition) is 0. The molecule has 0 saturated carbocycles. The standard InChI is InChI=1S/C21H22N2O5S2/c1-27-17-9-5-3-7-14(17)11-20(24)22-21-23(15-8-4-6-10-18(15)28-2)16-12-30(25,26)13-19(16)29-21/h3-10,16,19H,11-13H2,1-2H3/t16-,19-/m1/s1. The summed E-state index contributed by atoms with van der Waals surface area (Å²) >= 11 is 1.34. The van der Waals surface area contributed by atoms with Crippen molar-refractivity contribution in [3.05, 3.63) is 54.1 Å². The van der Waals surface area contributed by atoms with Crippen LogP contribution in [-0.4, -0.2) is 56.5 Å². The Hall–Kier alpha value is -2.52. The van der Waals surface area contributed by atoms with Crippen LogP contribution in [0.2, 0.25) is 0 Å². The van der Waals surface area contributed by atoms with E-state index in [1.165, 1.54) is 11.8 Å². The highest BCUT2D eigenvalue weighted by Crippen LogP contribution is 2.43. The van der Waals surface area contributed by atoms with E-state index in [2.05, 4.69) is 4.99 Å². The van der Waals surface area contributed by atoms with Gasteiger partial charge in [-0.15, -0.1) is 0 Å². The first-order valence-electron chi connectivity index (χ1n) is 9.44. The Morgan fingerprint density at radius 3 is 2.47 bits per heavy atom. The van der Waals surface area contributed by atoms with Gasteiger partial charge in [-0.2, -0.15) is 4.99 Å². The molecule has 9 heteroatoms. The molecule has 158 valence electrons. The van der Waals surface area contributed by atoms with Gasteiger partial charge in [0.2, 0.25) is 0 Å². The lowest BCUT2D eigenvalue weighted by molar-refractivity contribution is -0.117. The molecular weight excluding hydrogens is 424 g/mol. The molecule has 2 aliphatic heterocycles. The van der Waals surface area contributed by atoms with E-state index in [0.29, 0.717) is 22.4 Å². The minimum Gasteiger partial charge on any atom is -0.496 e.